The standard InChI is InChI=1S/C15H20N2O4S/c1-21-15(20)12(8-9-22-2)17-13(18)10-16-14(19)11-6-4-3-5-7-11/h3-7,12H,8-10H2,1-2H3,(H,16,19)(H,17,18)/t12-/m1/s1. The van der Waals surface area contributed by atoms with Gasteiger partial charge in [0.25, 0.3) is 5.91 Å². The van der Waals surface area contributed by atoms with Crippen LogP contribution in [0.15, 0.2) is 30.3 Å². The van der Waals surface area contributed by atoms with Crippen molar-refractivity contribution in [3.8, 4) is 0 Å². The maximum Gasteiger partial charge on any atom is 0.328 e. The third kappa shape index (κ3) is 6.17. The summed E-state index contributed by atoms with van der Waals surface area (Å²) in [5.74, 6) is -0.539. The van der Waals surface area contributed by atoms with Crippen LogP contribution in [0.3, 0.4) is 0 Å². The number of benzene rings is 1. The number of carbonyl (C=O) groups excluding carboxylic acids is 3. The predicted octanol–water partition coefficient (Wildman–Crippen LogP) is 0.827. The van der Waals surface area contributed by atoms with Gasteiger partial charge in [-0.15, -0.1) is 0 Å². The van der Waals surface area contributed by atoms with Crippen LogP contribution in [0.1, 0.15) is 16.8 Å². The summed E-state index contributed by atoms with van der Waals surface area (Å²) in [6.07, 6.45) is 2.39. The summed E-state index contributed by atoms with van der Waals surface area (Å²) in [7, 11) is 1.28. The van der Waals surface area contributed by atoms with E-state index in [-0.39, 0.29) is 12.5 Å². The Labute approximate surface area is 134 Å². The van der Waals surface area contributed by atoms with Crippen LogP contribution in [0.2, 0.25) is 0 Å². The van der Waals surface area contributed by atoms with E-state index in [1.807, 2.05) is 6.26 Å². The molecule has 2 N–H and O–H groups in total. The van der Waals surface area contributed by atoms with Gasteiger partial charge in [-0.3, -0.25) is 9.59 Å². The monoisotopic (exact) mass is 324 g/mol. The zero-order chi connectivity index (χ0) is 16.4. The van der Waals surface area contributed by atoms with Crippen molar-refractivity contribution in [1.82, 2.24) is 10.6 Å². The molecule has 0 spiro atoms. The summed E-state index contributed by atoms with van der Waals surface area (Å²) in [5.41, 5.74) is 0.474. The van der Waals surface area contributed by atoms with Crippen molar-refractivity contribution in [2.45, 2.75) is 12.5 Å². The SMILES string of the molecule is COC(=O)[C@@H](CCSC)NC(=O)CNC(=O)c1ccccc1. The number of thioether (sulfide) groups is 1. The molecule has 0 saturated heterocycles. The molecule has 1 atom stereocenters. The van der Waals surface area contributed by atoms with Crippen LogP contribution >= 0.6 is 11.8 Å². The van der Waals surface area contributed by atoms with Crippen molar-refractivity contribution in [3.05, 3.63) is 35.9 Å². The molecule has 7 heteroatoms. The van der Waals surface area contributed by atoms with E-state index in [0.717, 1.165) is 5.75 Å². The van der Waals surface area contributed by atoms with Gasteiger partial charge in [0.1, 0.15) is 6.04 Å². The van der Waals surface area contributed by atoms with Gasteiger partial charge in [-0.2, -0.15) is 11.8 Å². The zero-order valence-electron chi connectivity index (χ0n) is 12.6. The van der Waals surface area contributed by atoms with Gasteiger partial charge in [0, 0.05) is 5.56 Å². The lowest BCUT2D eigenvalue weighted by Gasteiger charge is -2.16. The molecule has 0 bridgehead atoms. The van der Waals surface area contributed by atoms with E-state index < -0.39 is 17.9 Å². The maximum absolute atomic E-state index is 11.8. The van der Waals surface area contributed by atoms with E-state index >= 15 is 0 Å². The average Bonchev–Trinajstić information content (AvgIpc) is 2.56. The summed E-state index contributed by atoms with van der Waals surface area (Å²) >= 11 is 1.57. The summed E-state index contributed by atoms with van der Waals surface area (Å²) < 4.78 is 4.65. The van der Waals surface area contributed by atoms with Gasteiger partial charge in [-0.05, 0) is 30.6 Å². The van der Waals surface area contributed by atoms with E-state index in [4.69, 9.17) is 0 Å². The second-order valence-electron chi connectivity index (χ2n) is 4.47. The quantitative estimate of drug-likeness (QED) is 0.692. The van der Waals surface area contributed by atoms with Crippen LogP contribution in [0.25, 0.3) is 0 Å². The minimum absolute atomic E-state index is 0.194. The Morgan fingerprint density at radius 1 is 1.23 bits per heavy atom. The predicted molar refractivity (Wildman–Crippen MR) is 85.7 cm³/mol. The fourth-order valence-corrected chi connectivity index (χ4v) is 2.20. The largest absolute Gasteiger partial charge is 0.467 e. The summed E-state index contributed by atoms with van der Waals surface area (Å²) in [5, 5.41) is 5.08. The van der Waals surface area contributed by atoms with Gasteiger partial charge in [0.15, 0.2) is 0 Å². The first-order valence-electron chi connectivity index (χ1n) is 6.78. The lowest BCUT2D eigenvalue weighted by atomic mass is 10.2. The lowest BCUT2D eigenvalue weighted by molar-refractivity contribution is -0.145. The van der Waals surface area contributed by atoms with Gasteiger partial charge in [-0.25, -0.2) is 4.79 Å². The van der Waals surface area contributed by atoms with E-state index in [2.05, 4.69) is 15.4 Å². The van der Waals surface area contributed by atoms with E-state index in [1.165, 1.54) is 7.11 Å². The summed E-state index contributed by atoms with van der Waals surface area (Å²) in [4.78, 5) is 35.2. The molecule has 1 aromatic carbocycles. The van der Waals surface area contributed by atoms with Crippen molar-refractivity contribution >= 4 is 29.5 Å². The van der Waals surface area contributed by atoms with E-state index in [1.54, 1.807) is 42.1 Å². The zero-order valence-corrected chi connectivity index (χ0v) is 13.4. The number of nitrogens with one attached hydrogen (secondary N) is 2. The van der Waals surface area contributed by atoms with Crippen LogP contribution < -0.4 is 10.6 Å². The molecule has 0 unspecified atom stereocenters. The average molecular weight is 324 g/mol. The molecule has 0 radical (unpaired) electrons. The van der Waals surface area contributed by atoms with Gasteiger partial charge in [0.05, 0.1) is 13.7 Å². The van der Waals surface area contributed by atoms with Crippen molar-refractivity contribution in [3.63, 3.8) is 0 Å². The summed E-state index contributed by atoms with van der Waals surface area (Å²) in [6.45, 7) is -0.194. The Morgan fingerprint density at radius 2 is 1.91 bits per heavy atom. The highest BCUT2D eigenvalue weighted by molar-refractivity contribution is 7.98. The fraction of sp³-hybridized carbons (Fsp3) is 0.400. The molecule has 22 heavy (non-hydrogen) atoms. The number of rotatable bonds is 8. The molecule has 120 valence electrons. The van der Waals surface area contributed by atoms with Gasteiger partial charge < -0.3 is 15.4 Å². The first kappa shape index (κ1) is 18.0. The highest BCUT2D eigenvalue weighted by atomic mass is 32.2. The molecule has 0 fully saturated rings. The Kier molecular flexibility index (Phi) is 8.06. The van der Waals surface area contributed by atoms with Crippen molar-refractivity contribution < 1.29 is 19.1 Å². The van der Waals surface area contributed by atoms with Crippen LogP contribution in [0.4, 0.5) is 0 Å². The maximum atomic E-state index is 11.8. The van der Waals surface area contributed by atoms with Crippen LogP contribution in [0.5, 0.6) is 0 Å². The number of esters is 1. The molecular weight excluding hydrogens is 304 g/mol. The molecule has 6 nitrogen and oxygen atoms in total. The molecule has 0 aliphatic heterocycles. The minimum atomic E-state index is -0.696. The second kappa shape index (κ2) is 9.83. The number of carbonyl (C=O) groups is 3. The topological polar surface area (TPSA) is 84.5 Å². The first-order valence-corrected chi connectivity index (χ1v) is 8.17. The van der Waals surface area contributed by atoms with E-state index in [0.29, 0.717) is 12.0 Å². The first-order chi connectivity index (χ1) is 10.6. The lowest BCUT2D eigenvalue weighted by Crippen LogP contribution is -2.46. The van der Waals surface area contributed by atoms with Gasteiger partial charge in [-0.1, -0.05) is 18.2 Å². The smallest absolute Gasteiger partial charge is 0.328 e. The Hall–Kier alpha value is -2.02. The highest BCUT2D eigenvalue weighted by Crippen LogP contribution is 2.02. The van der Waals surface area contributed by atoms with Crippen LogP contribution in [0, 0.1) is 0 Å². The molecule has 2 amide bonds. The molecule has 0 saturated carbocycles. The molecule has 0 aliphatic rings. The van der Waals surface area contributed by atoms with Crippen LogP contribution in [-0.4, -0.2) is 49.5 Å². The molecule has 1 rings (SSSR count). The fourth-order valence-electron chi connectivity index (χ4n) is 1.72. The molecule has 0 aliphatic carbocycles. The number of ether oxygens (including phenoxy) is 1. The number of amides is 2. The van der Waals surface area contributed by atoms with Crippen LogP contribution in [-0.2, 0) is 14.3 Å². The number of hydrogen-bond donors (Lipinski definition) is 2. The summed E-state index contributed by atoms with van der Waals surface area (Å²) in [6, 6.07) is 7.90. The molecule has 0 heterocycles. The minimum Gasteiger partial charge on any atom is -0.467 e. The number of hydrogen-bond acceptors (Lipinski definition) is 5. The van der Waals surface area contributed by atoms with Crippen molar-refractivity contribution in [1.29, 1.82) is 0 Å². The molecular formula is C15H20N2O4S. The van der Waals surface area contributed by atoms with E-state index in [9.17, 15) is 14.4 Å². The third-order valence-electron chi connectivity index (χ3n) is 2.88. The van der Waals surface area contributed by atoms with Crippen molar-refractivity contribution in [2.75, 3.05) is 25.7 Å². The Bertz CT molecular complexity index is 508. The Balaban J connectivity index is 2.46. The van der Waals surface area contributed by atoms with Gasteiger partial charge >= 0.3 is 5.97 Å². The van der Waals surface area contributed by atoms with Gasteiger partial charge in [0.2, 0.25) is 5.91 Å². The molecule has 0 aromatic heterocycles. The normalized spacial score (nSPS) is 11.4. The number of methoxy groups -OCH3 is 1. The Morgan fingerprint density at radius 3 is 2.50 bits per heavy atom. The third-order valence-corrected chi connectivity index (χ3v) is 3.52. The molecule has 1 aromatic rings. The van der Waals surface area contributed by atoms with Crippen molar-refractivity contribution in [2.24, 2.45) is 0 Å². The second-order valence-corrected chi connectivity index (χ2v) is 5.46. The highest BCUT2D eigenvalue weighted by Gasteiger charge is 2.21.